The maximum absolute atomic E-state index is 5.49. The molecule has 0 heterocycles. The van der Waals surface area contributed by atoms with E-state index in [2.05, 4.69) is 29.6 Å². The Kier molecular flexibility index (Phi) is 3.66. The standard InChI is InChI=1S/C19H27NO/c1-21-19-5-3-2-4-18(19)15-10-17(11-15)20-12-16-9-13-6-7-14(16)8-13/h2-5,13-17,20H,6-12H2,1H3. The van der Waals surface area contributed by atoms with Gasteiger partial charge in [-0.05, 0) is 74.0 Å². The van der Waals surface area contributed by atoms with Gasteiger partial charge in [-0.3, -0.25) is 0 Å². The quantitative estimate of drug-likeness (QED) is 0.884. The molecule has 3 saturated carbocycles. The van der Waals surface area contributed by atoms with Gasteiger partial charge in [0.2, 0.25) is 0 Å². The first kappa shape index (κ1) is 13.6. The van der Waals surface area contributed by atoms with Crippen LogP contribution in [0.4, 0.5) is 0 Å². The molecule has 0 amide bonds. The van der Waals surface area contributed by atoms with Crippen molar-refractivity contribution >= 4 is 0 Å². The first-order valence-corrected chi connectivity index (χ1v) is 8.69. The summed E-state index contributed by atoms with van der Waals surface area (Å²) < 4.78 is 5.49. The van der Waals surface area contributed by atoms with Gasteiger partial charge < -0.3 is 10.1 Å². The molecule has 0 radical (unpaired) electrons. The van der Waals surface area contributed by atoms with Gasteiger partial charge in [0.15, 0.2) is 0 Å². The van der Waals surface area contributed by atoms with Gasteiger partial charge in [0.1, 0.15) is 5.75 Å². The molecule has 1 N–H and O–H groups in total. The van der Waals surface area contributed by atoms with Crippen molar-refractivity contribution in [2.45, 2.75) is 50.5 Å². The van der Waals surface area contributed by atoms with E-state index in [1.807, 2.05) is 0 Å². The van der Waals surface area contributed by atoms with Crippen molar-refractivity contribution in [1.82, 2.24) is 5.32 Å². The number of nitrogens with one attached hydrogen (secondary N) is 1. The van der Waals surface area contributed by atoms with Crippen molar-refractivity contribution in [3.8, 4) is 5.75 Å². The molecule has 2 nitrogen and oxygen atoms in total. The number of rotatable bonds is 5. The van der Waals surface area contributed by atoms with E-state index in [1.54, 1.807) is 7.11 Å². The number of hydrogen-bond acceptors (Lipinski definition) is 2. The van der Waals surface area contributed by atoms with Gasteiger partial charge in [-0.2, -0.15) is 0 Å². The van der Waals surface area contributed by atoms with Crippen LogP contribution in [-0.4, -0.2) is 19.7 Å². The predicted molar refractivity (Wildman–Crippen MR) is 85.7 cm³/mol. The molecule has 4 rings (SSSR count). The van der Waals surface area contributed by atoms with Crippen LogP contribution < -0.4 is 10.1 Å². The van der Waals surface area contributed by atoms with Gasteiger partial charge in [0.25, 0.3) is 0 Å². The molecule has 2 heteroatoms. The largest absolute Gasteiger partial charge is 0.496 e. The topological polar surface area (TPSA) is 21.3 Å². The van der Waals surface area contributed by atoms with Gasteiger partial charge >= 0.3 is 0 Å². The lowest BCUT2D eigenvalue weighted by Crippen LogP contribution is -2.43. The Morgan fingerprint density at radius 1 is 1.10 bits per heavy atom. The van der Waals surface area contributed by atoms with Crippen LogP contribution in [-0.2, 0) is 0 Å². The van der Waals surface area contributed by atoms with Crippen LogP contribution >= 0.6 is 0 Å². The summed E-state index contributed by atoms with van der Waals surface area (Å²) in [6.07, 6.45) is 8.61. The summed E-state index contributed by atoms with van der Waals surface area (Å²) >= 11 is 0. The normalized spacial score (nSPS) is 37.5. The van der Waals surface area contributed by atoms with E-state index in [0.717, 1.165) is 29.5 Å². The smallest absolute Gasteiger partial charge is 0.122 e. The molecular formula is C19H27NO. The Morgan fingerprint density at radius 3 is 2.67 bits per heavy atom. The van der Waals surface area contributed by atoms with Crippen LogP contribution in [0.5, 0.6) is 5.75 Å². The van der Waals surface area contributed by atoms with Crippen LogP contribution in [0.1, 0.15) is 50.0 Å². The molecular weight excluding hydrogens is 258 g/mol. The average Bonchev–Trinajstić information content (AvgIpc) is 3.08. The molecule has 3 fully saturated rings. The van der Waals surface area contributed by atoms with Gasteiger partial charge in [0, 0.05) is 6.04 Å². The Hall–Kier alpha value is -1.02. The maximum atomic E-state index is 5.49. The predicted octanol–water partition coefficient (Wildman–Crippen LogP) is 3.97. The van der Waals surface area contributed by atoms with Gasteiger partial charge in [0.05, 0.1) is 7.11 Å². The molecule has 21 heavy (non-hydrogen) atoms. The Labute approximate surface area is 128 Å². The minimum Gasteiger partial charge on any atom is -0.496 e. The summed E-state index contributed by atoms with van der Waals surface area (Å²) in [6.45, 7) is 1.27. The minimum atomic E-state index is 0.693. The summed E-state index contributed by atoms with van der Waals surface area (Å²) in [5.41, 5.74) is 1.40. The molecule has 3 aliphatic rings. The van der Waals surface area contributed by atoms with E-state index in [4.69, 9.17) is 4.74 Å². The molecule has 0 aliphatic heterocycles. The number of hydrogen-bond donors (Lipinski definition) is 1. The summed E-state index contributed by atoms with van der Waals surface area (Å²) in [7, 11) is 1.78. The van der Waals surface area contributed by atoms with Crippen molar-refractivity contribution in [2.24, 2.45) is 17.8 Å². The van der Waals surface area contributed by atoms with Crippen LogP contribution in [0, 0.1) is 17.8 Å². The fraction of sp³-hybridized carbons (Fsp3) is 0.684. The third kappa shape index (κ3) is 2.59. The van der Waals surface area contributed by atoms with E-state index in [0.29, 0.717) is 5.92 Å². The van der Waals surface area contributed by atoms with E-state index in [1.165, 1.54) is 50.6 Å². The maximum Gasteiger partial charge on any atom is 0.122 e. The Bertz CT molecular complexity index is 494. The van der Waals surface area contributed by atoms with Crippen molar-refractivity contribution < 1.29 is 4.74 Å². The third-order valence-corrected chi connectivity index (χ3v) is 6.27. The lowest BCUT2D eigenvalue weighted by molar-refractivity contribution is 0.244. The highest BCUT2D eigenvalue weighted by Crippen LogP contribution is 2.48. The molecule has 3 aliphatic carbocycles. The van der Waals surface area contributed by atoms with Gasteiger partial charge in [-0.25, -0.2) is 0 Å². The van der Waals surface area contributed by atoms with Gasteiger partial charge in [-0.15, -0.1) is 0 Å². The van der Waals surface area contributed by atoms with Gasteiger partial charge in [-0.1, -0.05) is 24.6 Å². The second-order valence-corrected chi connectivity index (χ2v) is 7.45. The zero-order chi connectivity index (χ0) is 14.2. The summed E-state index contributed by atoms with van der Waals surface area (Å²) in [6, 6.07) is 9.25. The summed E-state index contributed by atoms with van der Waals surface area (Å²) in [4.78, 5) is 0. The fourth-order valence-electron chi connectivity index (χ4n) is 4.99. The Morgan fingerprint density at radius 2 is 1.95 bits per heavy atom. The SMILES string of the molecule is COc1ccccc1C1CC(NCC2CC3CCC2C3)C1. The zero-order valence-corrected chi connectivity index (χ0v) is 13.1. The monoisotopic (exact) mass is 285 g/mol. The number of para-hydroxylation sites is 1. The highest BCUT2D eigenvalue weighted by molar-refractivity contribution is 5.37. The minimum absolute atomic E-state index is 0.693. The molecule has 1 aromatic carbocycles. The van der Waals surface area contributed by atoms with Crippen LogP contribution in [0.3, 0.4) is 0 Å². The average molecular weight is 285 g/mol. The molecule has 114 valence electrons. The molecule has 3 unspecified atom stereocenters. The van der Waals surface area contributed by atoms with E-state index < -0.39 is 0 Å². The van der Waals surface area contributed by atoms with Crippen molar-refractivity contribution in [1.29, 1.82) is 0 Å². The Balaban J connectivity index is 1.26. The molecule has 2 bridgehead atoms. The second kappa shape index (κ2) is 5.64. The number of benzene rings is 1. The summed E-state index contributed by atoms with van der Waals surface area (Å²) in [5, 5.41) is 3.84. The van der Waals surface area contributed by atoms with E-state index in [-0.39, 0.29) is 0 Å². The zero-order valence-electron chi connectivity index (χ0n) is 13.1. The fourth-order valence-corrected chi connectivity index (χ4v) is 4.99. The molecule has 0 aromatic heterocycles. The molecule has 3 atom stereocenters. The van der Waals surface area contributed by atoms with Crippen molar-refractivity contribution in [3.63, 3.8) is 0 Å². The lowest BCUT2D eigenvalue weighted by atomic mass is 9.75. The molecule has 0 saturated heterocycles. The molecule has 1 aromatic rings. The number of ether oxygens (including phenoxy) is 1. The third-order valence-electron chi connectivity index (χ3n) is 6.27. The van der Waals surface area contributed by atoms with Crippen molar-refractivity contribution in [2.75, 3.05) is 13.7 Å². The first-order valence-electron chi connectivity index (χ1n) is 8.69. The summed E-state index contributed by atoms with van der Waals surface area (Å²) in [5.74, 6) is 4.86. The van der Waals surface area contributed by atoms with Crippen LogP contribution in [0.15, 0.2) is 24.3 Å². The van der Waals surface area contributed by atoms with Crippen LogP contribution in [0.25, 0.3) is 0 Å². The number of fused-ring (bicyclic) bond motifs is 2. The van der Waals surface area contributed by atoms with Crippen molar-refractivity contribution in [3.05, 3.63) is 29.8 Å². The number of methoxy groups -OCH3 is 1. The first-order chi connectivity index (χ1) is 10.3. The molecule has 0 spiro atoms. The van der Waals surface area contributed by atoms with E-state index >= 15 is 0 Å². The van der Waals surface area contributed by atoms with E-state index in [9.17, 15) is 0 Å². The second-order valence-electron chi connectivity index (χ2n) is 7.45. The highest BCUT2D eigenvalue weighted by Gasteiger charge is 2.40. The lowest BCUT2D eigenvalue weighted by Gasteiger charge is -2.38. The van der Waals surface area contributed by atoms with Crippen LogP contribution in [0.2, 0.25) is 0 Å². The highest BCUT2D eigenvalue weighted by atomic mass is 16.5.